The Balaban J connectivity index is 1.49. The number of halogens is 1. The molecular formula is C21H22ClN3O4. The third-order valence-electron chi connectivity index (χ3n) is 4.63. The summed E-state index contributed by atoms with van der Waals surface area (Å²) in [6.45, 7) is 0.772. The predicted molar refractivity (Wildman–Crippen MR) is 111 cm³/mol. The molecule has 3 rings (SSSR count). The summed E-state index contributed by atoms with van der Waals surface area (Å²) in [6.07, 6.45) is 0.761. The van der Waals surface area contributed by atoms with Crippen molar-refractivity contribution in [3.63, 3.8) is 0 Å². The highest BCUT2D eigenvalue weighted by Crippen LogP contribution is 2.24. The molecule has 152 valence electrons. The molecule has 2 aromatic rings. The number of benzene rings is 2. The van der Waals surface area contributed by atoms with E-state index in [0.717, 1.165) is 6.42 Å². The van der Waals surface area contributed by atoms with Crippen LogP contribution in [0.25, 0.3) is 0 Å². The summed E-state index contributed by atoms with van der Waals surface area (Å²) in [7, 11) is 0. The van der Waals surface area contributed by atoms with Crippen LogP contribution in [0, 0.1) is 0 Å². The molecule has 1 atom stereocenters. The van der Waals surface area contributed by atoms with Gasteiger partial charge < -0.3 is 20.6 Å². The highest BCUT2D eigenvalue weighted by atomic mass is 35.5. The Labute approximate surface area is 173 Å². The number of nitrogens with one attached hydrogen (secondary N) is 2. The van der Waals surface area contributed by atoms with Crippen molar-refractivity contribution in [2.75, 3.05) is 23.3 Å². The molecule has 3 N–H and O–H groups in total. The molecule has 0 bridgehead atoms. The first-order valence-electron chi connectivity index (χ1n) is 9.37. The first-order chi connectivity index (χ1) is 13.9. The Morgan fingerprint density at radius 1 is 1.14 bits per heavy atom. The fourth-order valence-corrected chi connectivity index (χ4v) is 3.34. The lowest BCUT2D eigenvalue weighted by Gasteiger charge is -2.16. The van der Waals surface area contributed by atoms with Crippen LogP contribution in [0.2, 0.25) is 5.02 Å². The second kappa shape index (κ2) is 9.54. The predicted octanol–water partition coefficient (Wildman–Crippen LogP) is 2.65. The van der Waals surface area contributed by atoms with Crippen LogP contribution in [0.3, 0.4) is 0 Å². The minimum atomic E-state index is -0.813. The molecular weight excluding hydrogens is 394 g/mol. The van der Waals surface area contributed by atoms with Gasteiger partial charge in [-0.05, 0) is 48.7 Å². The van der Waals surface area contributed by atoms with Gasteiger partial charge in [0.25, 0.3) is 0 Å². The van der Waals surface area contributed by atoms with Gasteiger partial charge >= 0.3 is 11.8 Å². The molecule has 29 heavy (non-hydrogen) atoms. The van der Waals surface area contributed by atoms with Gasteiger partial charge in [-0.3, -0.25) is 14.4 Å². The number of nitrogens with zero attached hydrogens (tertiary/aromatic N) is 1. The Morgan fingerprint density at radius 3 is 2.66 bits per heavy atom. The zero-order valence-electron chi connectivity index (χ0n) is 15.7. The number of aliphatic hydroxyl groups excluding tert-OH is 1. The van der Waals surface area contributed by atoms with Crippen molar-refractivity contribution >= 4 is 40.7 Å². The van der Waals surface area contributed by atoms with Gasteiger partial charge in [0.05, 0.1) is 6.10 Å². The summed E-state index contributed by atoms with van der Waals surface area (Å²) >= 11 is 5.90. The van der Waals surface area contributed by atoms with Crippen molar-refractivity contribution in [2.24, 2.45) is 0 Å². The van der Waals surface area contributed by atoms with Gasteiger partial charge in [0, 0.05) is 35.9 Å². The maximum Gasteiger partial charge on any atom is 0.313 e. The Morgan fingerprint density at radius 2 is 1.93 bits per heavy atom. The van der Waals surface area contributed by atoms with Crippen molar-refractivity contribution in [3.05, 3.63) is 59.1 Å². The Hall–Kier alpha value is -2.90. The summed E-state index contributed by atoms with van der Waals surface area (Å²) in [4.78, 5) is 37.7. The molecule has 1 heterocycles. The van der Waals surface area contributed by atoms with Gasteiger partial charge in [0.15, 0.2) is 0 Å². The monoisotopic (exact) mass is 415 g/mol. The number of hydrogen-bond donors (Lipinski definition) is 3. The summed E-state index contributed by atoms with van der Waals surface area (Å²) in [5, 5.41) is 15.7. The van der Waals surface area contributed by atoms with Crippen LogP contribution in [0.15, 0.2) is 48.5 Å². The average Bonchev–Trinajstić information content (AvgIpc) is 3.14. The fourth-order valence-electron chi connectivity index (χ4n) is 3.14. The minimum Gasteiger partial charge on any atom is -0.388 e. The number of amides is 3. The molecule has 7 nitrogen and oxygen atoms in total. The largest absolute Gasteiger partial charge is 0.388 e. The molecule has 0 spiro atoms. The van der Waals surface area contributed by atoms with Crippen LogP contribution in [-0.4, -0.2) is 35.9 Å². The lowest BCUT2D eigenvalue weighted by molar-refractivity contribution is -0.136. The summed E-state index contributed by atoms with van der Waals surface area (Å²) in [5.74, 6) is -1.57. The van der Waals surface area contributed by atoms with E-state index < -0.39 is 17.9 Å². The number of anilines is 2. The van der Waals surface area contributed by atoms with E-state index in [1.54, 1.807) is 53.4 Å². The average molecular weight is 416 g/mol. The molecule has 0 aromatic heterocycles. The standard InChI is InChI=1S/C21H22ClN3O4/c22-15-5-1-4-14(12-15)18(26)9-10-23-20(28)21(29)24-16-6-2-7-17(13-16)25-11-3-8-19(25)27/h1-2,4-7,12-13,18,26H,3,8-11H2,(H,23,28)(H,24,29)/t18-/m0/s1. The van der Waals surface area contributed by atoms with Crippen LogP contribution in [-0.2, 0) is 14.4 Å². The number of aliphatic hydroxyl groups is 1. The van der Waals surface area contributed by atoms with Crippen molar-refractivity contribution in [1.29, 1.82) is 0 Å². The zero-order chi connectivity index (χ0) is 20.8. The van der Waals surface area contributed by atoms with Gasteiger partial charge in [0.2, 0.25) is 5.91 Å². The van der Waals surface area contributed by atoms with Crippen LogP contribution < -0.4 is 15.5 Å². The molecule has 0 unspecified atom stereocenters. The molecule has 3 amide bonds. The summed E-state index contributed by atoms with van der Waals surface area (Å²) in [5.41, 5.74) is 1.76. The lowest BCUT2D eigenvalue weighted by Crippen LogP contribution is -2.36. The van der Waals surface area contributed by atoms with Crippen molar-refractivity contribution < 1.29 is 19.5 Å². The molecule has 1 fully saturated rings. The first-order valence-corrected chi connectivity index (χ1v) is 9.75. The van der Waals surface area contributed by atoms with E-state index in [4.69, 9.17) is 11.6 Å². The van der Waals surface area contributed by atoms with Gasteiger partial charge in [0.1, 0.15) is 0 Å². The quantitative estimate of drug-likeness (QED) is 0.631. The van der Waals surface area contributed by atoms with Crippen LogP contribution in [0.1, 0.15) is 30.9 Å². The van der Waals surface area contributed by atoms with E-state index in [1.807, 2.05) is 0 Å². The van der Waals surface area contributed by atoms with E-state index in [1.165, 1.54) is 0 Å². The number of hydrogen-bond acceptors (Lipinski definition) is 4. The minimum absolute atomic E-state index is 0.0458. The molecule has 1 aliphatic heterocycles. The van der Waals surface area contributed by atoms with E-state index in [0.29, 0.717) is 34.9 Å². The first kappa shape index (κ1) is 20.8. The van der Waals surface area contributed by atoms with E-state index >= 15 is 0 Å². The molecule has 0 radical (unpaired) electrons. The highest BCUT2D eigenvalue weighted by molar-refractivity contribution is 6.39. The van der Waals surface area contributed by atoms with Gasteiger partial charge in [-0.25, -0.2) is 0 Å². The topological polar surface area (TPSA) is 98.7 Å². The number of carbonyl (C=O) groups excluding carboxylic acids is 3. The summed E-state index contributed by atoms with van der Waals surface area (Å²) in [6, 6.07) is 13.7. The van der Waals surface area contributed by atoms with Crippen LogP contribution in [0.5, 0.6) is 0 Å². The Bertz CT molecular complexity index is 918. The van der Waals surface area contributed by atoms with Gasteiger partial charge in [-0.2, -0.15) is 0 Å². The SMILES string of the molecule is O=C(NCC[C@H](O)c1cccc(Cl)c1)C(=O)Nc1cccc(N2CCCC2=O)c1. The smallest absolute Gasteiger partial charge is 0.313 e. The molecule has 8 heteroatoms. The highest BCUT2D eigenvalue weighted by Gasteiger charge is 2.22. The van der Waals surface area contributed by atoms with Crippen LogP contribution >= 0.6 is 11.6 Å². The summed E-state index contributed by atoms with van der Waals surface area (Å²) < 4.78 is 0. The molecule has 0 saturated carbocycles. The van der Waals surface area contributed by atoms with Crippen molar-refractivity contribution in [1.82, 2.24) is 5.32 Å². The lowest BCUT2D eigenvalue weighted by atomic mass is 10.1. The third-order valence-corrected chi connectivity index (χ3v) is 4.87. The maximum atomic E-state index is 12.1. The van der Waals surface area contributed by atoms with Gasteiger partial charge in [-0.1, -0.05) is 29.8 Å². The van der Waals surface area contributed by atoms with E-state index in [-0.39, 0.29) is 18.9 Å². The second-order valence-electron chi connectivity index (χ2n) is 6.77. The van der Waals surface area contributed by atoms with Crippen molar-refractivity contribution in [3.8, 4) is 0 Å². The van der Waals surface area contributed by atoms with E-state index in [2.05, 4.69) is 10.6 Å². The van der Waals surface area contributed by atoms with Crippen LogP contribution in [0.4, 0.5) is 11.4 Å². The number of rotatable bonds is 6. The molecule has 0 aliphatic carbocycles. The normalized spacial score (nSPS) is 14.6. The molecule has 2 aromatic carbocycles. The second-order valence-corrected chi connectivity index (χ2v) is 7.21. The van der Waals surface area contributed by atoms with E-state index in [9.17, 15) is 19.5 Å². The maximum absolute atomic E-state index is 12.1. The fraction of sp³-hybridized carbons (Fsp3) is 0.286. The van der Waals surface area contributed by atoms with Gasteiger partial charge in [-0.15, -0.1) is 0 Å². The Kier molecular flexibility index (Phi) is 6.85. The molecule has 1 saturated heterocycles. The van der Waals surface area contributed by atoms with Crippen molar-refractivity contribution in [2.45, 2.75) is 25.4 Å². The third kappa shape index (κ3) is 5.56. The molecule has 1 aliphatic rings. The number of carbonyl (C=O) groups is 3. The zero-order valence-corrected chi connectivity index (χ0v) is 16.5.